The minimum atomic E-state index is -0.857. The number of hydrogen-bond acceptors (Lipinski definition) is 3. The lowest BCUT2D eigenvalue weighted by Crippen LogP contribution is -2.37. The van der Waals surface area contributed by atoms with Crippen LogP contribution < -0.4 is 5.32 Å². The van der Waals surface area contributed by atoms with Crippen molar-refractivity contribution in [3.8, 4) is 0 Å². The van der Waals surface area contributed by atoms with Gasteiger partial charge in [0.15, 0.2) is 0 Å². The molecule has 2 aliphatic carbocycles. The first-order valence-electron chi connectivity index (χ1n) is 9.97. The van der Waals surface area contributed by atoms with Crippen molar-refractivity contribution in [3.05, 3.63) is 29.8 Å². The summed E-state index contributed by atoms with van der Waals surface area (Å²) in [7, 11) is 0. The van der Waals surface area contributed by atoms with Crippen LogP contribution in [0.15, 0.2) is 24.3 Å². The lowest BCUT2D eigenvalue weighted by atomic mass is 9.78. The maximum Gasteiger partial charge on any atom is 0.307 e. The van der Waals surface area contributed by atoms with E-state index < -0.39 is 17.8 Å². The highest BCUT2D eigenvalue weighted by atomic mass is 16.4. The Balaban J connectivity index is 1.41. The number of carbonyl (C=O) groups is 3. The number of anilines is 1. The van der Waals surface area contributed by atoms with E-state index in [9.17, 15) is 19.5 Å². The number of benzene rings is 1. The van der Waals surface area contributed by atoms with Crippen molar-refractivity contribution >= 4 is 23.5 Å². The Morgan fingerprint density at radius 2 is 1.56 bits per heavy atom. The van der Waals surface area contributed by atoms with Gasteiger partial charge in [-0.15, -0.1) is 0 Å². The average Bonchev–Trinajstić information content (AvgIpc) is 3.30. The third-order valence-corrected chi connectivity index (χ3v) is 6.55. The number of fused-ring (bicyclic) bond motifs is 2. The van der Waals surface area contributed by atoms with Crippen molar-refractivity contribution in [2.24, 2.45) is 23.7 Å². The van der Waals surface area contributed by atoms with Gasteiger partial charge in [0, 0.05) is 24.3 Å². The summed E-state index contributed by atoms with van der Waals surface area (Å²) < 4.78 is 0. The lowest BCUT2D eigenvalue weighted by molar-refractivity contribution is -0.148. The molecule has 2 saturated carbocycles. The Morgan fingerprint density at radius 3 is 2.19 bits per heavy atom. The first-order chi connectivity index (χ1) is 13.0. The summed E-state index contributed by atoms with van der Waals surface area (Å²) in [6.07, 6.45) is 5.98. The highest BCUT2D eigenvalue weighted by Gasteiger charge is 2.53. The van der Waals surface area contributed by atoms with Crippen molar-refractivity contribution in [3.63, 3.8) is 0 Å². The fraction of sp³-hybridized carbons (Fsp3) is 0.571. The van der Waals surface area contributed by atoms with Gasteiger partial charge in [-0.25, -0.2) is 0 Å². The second-order valence-corrected chi connectivity index (χ2v) is 8.14. The molecule has 1 heterocycles. The smallest absolute Gasteiger partial charge is 0.307 e. The Labute approximate surface area is 158 Å². The molecule has 1 aromatic carbocycles. The van der Waals surface area contributed by atoms with Gasteiger partial charge in [0.1, 0.15) is 0 Å². The van der Waals surface area contributed by atoms with Gasteiger partial charge >= 0.3 is 5.97 Å². The second kappa shape index (κ2) is 7.33. The number of piperidine rings is 1. The van der Waals surface area contributed by atoms with E-state index in [-0.39, 0.29) is 23.7 Å². The van der Waals surface area contributed by atoms with Crippen LogP contribution in [0, 0.1) is 23.7 Å². The maximum absolute atomic E-state index is 12.7. The number of carbonyl (C=O) groups excluding carboxylic acids is 2. The van der Waals surface area contributed by atoms with Crippen LogP contribution in [0.25, 0.3) is 0 Å². The topological polar surface area (TPSA) is 86.7 Å². The van der Waals surface area contributed by atoms with Gasteiger partial charge in [0.05, 0.1) is 11.8 Å². The second-order valence-electron chi connectivity index (χ2n) is 8.14. The summed E-state index contributed by atoms with van der Waals surface area (Å²) in [5.41, 5.74) is 1.24. The molecular formula is C21H26N2O4. The number of nitrogens with zero attached hydrogens (tertiary/aromatic N) is 1. The van der Waals surface area contributed by atoms with E-state index in [0.717, 1.165) is 45.2 Å². The molecule has 0 radical (unpaired) electrons. The summed E-state index contributed by atoms with van der Waals surface area (Å²) in [5, 5.41) is 12.4. The van der Waals surface area contributed by atoms with Crippen LogP contribution in [0.1, 0.15) is 48.9 Å². The van der Waals surface area contributed by atoms with Crippen molar-refractivity contribution in [2.75, 3.05) is 18.4 Å². The van der Waals surface area contributed by atoms with Gasteiger partial charge in [0.25, 0.3) is 5.91 Å². The molecule has 2 bridgehead atoms. The number of nitrogens with one attached hydrogen (secondary N) is 1. The van der Waals surface area contributed by atoms with E-state index >= 15 is 0 Å². The van der Waals surface area contributed by atoms with E-state index in [0.29, 0.717) is 11.3 Å². The molecule has 4 atom stereocenters. The lowest BCUT2D eigenvalue weighted by Gasteiger charge is -2.27. The van der Waals surface area contributed by atoms with Crippen molar-refractivity contribution < 1.29 is 19.5 Å². The van der Waals surface area contributed by atoms with Crippen molar-refractivity contribution in [1.29, 1.82) is 0 Å². The van der Waals surface area contributed by atoms with E-state index in [4.69, 9.17) is 0 Å². The fourth-order valence-corrected chi connectivity index (χ4v) is 5.23. The van der Waals surface area contributed by atoms with E-state index in [1.807, 2.05) is 4.90 Å². The number of rotatable bonds is 4. The number of amides is 2. The van der Waals surface area contributed by atoms with Crippen molar-refractivity contribution in [1.82, 2.24) is 4.90 Å². The first kappa shape index (κ1) is 18.0. The minimum absolute atomic E-state index is 0.0339. The molecule has 1 aliphatic heterocycles. The highest BCUT2D eigenvalue weighted by Crippen LogP contribution is 2.52. The van der Waals surface area contributed by atoms with Crippen LogP contribution in [0.5, 0.6) is 0 Å². The van der Waals surface area contributed by atoms with Crippen LogP contribution in [-0.4, -0.2) is 40.9 Å². The first-order valence-corrected chi connectivity index (χ1v) is 9.97. The molecule has 6 heteroatoms. The summed E-state index contributed by atoms with van der Waals surface area (Å²) in [6.45, 7) is 1.61. The normalized spacial score (nSPS) is 29.6. The standard InChI is InChI=1S/C21H26N2O4/c24-19(17-14-4-5-15(12-14)18(17)21(26)27)22-16-8-6-13(7-9-16)20(25)23-10-2-1-3-11-23/h6-9,14-15,17-18H,1-5,10-12H2,(H,22,24)(H,26,27)/t14-,15+,17-,18+/m1/s1. The molecule has 27 heavy (non-hydrogen) atoms. The third kappa shape index (κ3) is 3.45. The molecule has 1 saturated heterocycles. The van der Waals surface area contributed by atoms with Crippen LogP contribution in [0.3, 0.4) is 0 Å². The van der Waals surface area contributed by atoms with Gasteiger partial charge in [-0.3, -0.25) is 14.4 Å². The van der Waals surface area contributed by atoms with E-state index in [1.54, 1.807) is 24.3 Å². The molecule has 3 aliphatic rings. The summed E-state index contributed by atoms with van der Waals surface area (Å²) in [4.78, 5) is 38.7. The zero-order valence-corrected chi connectivity index (χ0v) is 15.4. The summed E-state index contributed by atoms with van der Waals surface area (Å²) in [6, 6.07) is 6.94. The Bertz CT molecular complexity index is 739. The molecule has 1 aromatic rings. The molecule has 0 unspecified atom stereocenters. The Kier molecular flexibility index (Phi) is 4.89. The molecule has 2 N–H and O–H groups in total. The number of carboxylic acids is 1. The number of hydrogen-bond donors (Lipinski definition) is 2. The Hall–Kier alpha value is -2.37. The minimum Gasteiger partial charge on any atom is -0.481 e. The zero-order valence-electron chi connectivity index (χ0n) is 15.4. The molecule has 0 spiro atoms. The molecule has 2 amide bonds. The third-order valence-electron chi connectivity index (χ3n) is 6.55. The summed E-state index contributed by atoms with van der Waals surface area (Å²) >= 11 is 0. The van der Waals surface area contributed by atoms with E-state index in [2.05, 4.69) is 5.32 Å². The largest absolute Gasteiger partial charge is 0.481 e. The van der Waals surface area contributed by atoms with Gasteiger partial charge in [-0.1, -0.05) is 0 Å². The maximum atomic E-state index is 12.7. The Morgan fingerprint density at radius 1 is 0.926 bits per heavy atom. The number of aliphatic carboxylic acids is 1. The van der Waals surface area contributed by atoms with E-state index in [1.165, 1.54) is 6.42 Å². The van der Waals surface area contributed by atoms with Gasteiger partial charge in [-0.05, 0) is 74.6 Å². The van der Waals surface area contributed by atoms with Gasteiger partial charge in [-0.2, -0.15) is 0 Å². The molecule has 144 valence electrons. The molecule has 0 aromatic heterocycles. The van der Waals surface area contributed by atoms with Gasteiger partial charge in [0.2, 0.25) is 5.91 Å². The zero-order chi connectivity index (χ0) is 19.0. The predicted molar refractivity (Wildman–Crippen MR) is 100 cm³/mol. The van der Waals surface area contributed by atoms with Crippen LogP contribution in [0.4, 0.5) is 5.69 Å². The number of likely N-dealkylation sites (tertiary alicyclic amines) is 1. The molecule has 4 rings (SSSR count). The molecule has 3 fully saturated rings. The number of carboxylic acid groups (broad SMARTS) is 1. The monoisotopic (exact) mass is 370 g/mol. The molecule has 6 nitrogen and oxygen atoms in total. The van der Waals surface area contributed by atoms with Crippen molar-refractivity contribution in [2.45, 2.75) is 38.5 Å². The highest BCUT2D eigenvalue weighted by molar-refractivity contribution is 5.97. The van der Waals surface area contributed by atoms with Crippen LogP contribution in [0.2, 0.25) is 0 Å². The summed E-state index contributed by atoms with van der Waals surface area (Å²) in [5.74, 6) is -1.73. The fourth-order valence-electron chi connectivity index (χ4n) is 5.23. The average molecular weight is 370 g/mol. The predicted octanol–water partition coefficient (Wildman–Crippen LogP) is 3.00. The quantitative estimate of drug-likeness (QED) is 0.853. The van der Waals surface area contributed by atoms with Crippen LogP contribution in [-0.2, 0) is 9.59 Å². The molecular weight excluding hydrogens is 344 g/mol. The van der Waals surface area contributed by atoms with Crippen LogP contribution >= 0.6 is 0 Å². The SMILES string of the molecule is O=C(Nc1ccc(C(=O)N2CCCCC2)cc1)[C@@H]1[C@@H]2CC[C@@H](C2)[C@@H]1C(=O)O. The van der Waals surface area contributed by atoms with Gasteiger partial charge < -0.3 is 15.3 Å².